The molecular weight excluding hydrogens is 248 g/mol. The summed E-state index contributed by atoms with van der Waals surface area (Å²) in [5.41, 5.74) is 9.05. The van der Waals surface area contributed by atoms with E-state index < -0.39 is 6.04 Å². The van der Waals surface area contributed by atoms with Crippen LogP contribution in [0.4, 0.5) is 0 Å². The number of carbonyl (C=O) groups excluding carboxylic acids is 1. The second-order valence-electron chi connectivity index (χ2n) is 5.03. The molecule has 0 radical (unpaired) electrons. The highest BCUT2D eigenvalue weighted by atomic mass is 16.2. The van der Waals surface area contributed by atoms with Crippen LogP contribution in [0.2, 0.25) is 0 Å². The van der Waals surface area contributed by atoms with Gasteiger partial charge in [0.2, 0.25) is 5.91 Å². The zero-order valence-electron chi connectivity index (χ0n) is 11.8. The normalized spacial score (nSPS) is 13.6. The van der Waals surface area contributed by atoms with Crippen LogP contribution in [0.5, 0.6) is 0 Å². The number of carbonyl (C=O) groups is 1. The van der Waals surface area contributed by atoms with Gasteiger partial charge in [0.05, 0.1) is 6.04 Å². The Labute approximate surface area is 119 Å². The lowest BCUT2D eigenvalue weighted by atomic mass is 10.0. The Morgan fingerprint density at radius 2 is 1.60 bits per heavy atom. The Morgan fingerprint density at radius 1 is 1.00 bits per heavy atom. The van der Waals surface area contributed by atoms with Gasteiger partial charge < -0.3 is 11.1 Å². The van der Waals surface area contributed by atoms with Crippen molar-refractivity contribution >= 4 is 5.91 Å². The van der Waals surface area contributed by atoms with Crippen LogP contribution in [0, 0.1) is 6.92 Å². The summed E-state index contributed by atoms with van der Waals surface area (Å²) in [5.74, 6) is -0.162. The molecule has 3 heteroatoms. The molecule has 0 aliphatic rings. The lowest BCUT2D eigenvalue weighted by Gasteiger charge is -2.18. The summed E-state index contributed by atoms with van der Waals surface area (Å²) in [5, 5.41) is 2.95. The quantitative estimate of drug-likeness (QED) is 0.896. The van der Waals surface area contributed by atoms with Gasteiger partial charge in [-0.2, -0.15) is 0 Å². The topological polar surface area (TPSA) is 55.1 Å². The van der Waals surface area contributed by atoms with E-state index in [2.05, 4.69) is 5.32 Å². The van der Waals surface area contributed by atoms with Gasteiger partial charge in [-0.3, -0.25) is 4.79 Å². The summed E-state index contributed by atoms with van der Waals surface area (Å²) in [6.45, 7) is 3.96. The Balaban J connectivity index is 2.02. The van der Waals surface area contributed by atoms with Crippen LogP contribution in [-0.4, -0.2) is 5.91 Å². The molecule has 0 saturated carbocycles. The van der Waals surface area contributed by atoms with Gasteiger partial charge in [0.25, 0.3) is 0 Å². The molecule has 2 rings (SSSR count). The molecule has 0 heterocycles. The number of rotatable bonds is 4. The fourth-order valence-electron chi connectivity index (χ4n) is 2.05. The molecule has 0 aliphatic carbocycles. The van der Waals surface area contributed by atoms with Crippen LogP contribution in [0.25, 0.3) is 0 Å². The maximum atomic E-state index is 12.2. The molecule has 1 amide bonds. The van der Waals surface area contributed by atoms with Crippen molar-refractivity contribution in [3.05, 3.63) is 71.3 Å². The molecule has 0 bridgehead atoms. The molecule has 0 spiro atoms. The van der Waals surface area contributed by atoms with E-state index in [1.807, 2.05) is 68.4 Å². The highest BCUT2D eigenvalue weighted by Crippen LogP contribution is 2.15. The van der Waals surface area contributed by atoms with Crippen molar-refractivity contribution < 1.29 is 4.79 Å². The summed E-state index contributed by atoms with van der Waals surface area (Å²) in [7, 11) is 0. The fourth-order valence-corrected chi connectivity index (χ4v) is 2.05. The van der Waals surface area contributed by atoms with E-state index in [0.717, 1.165) is 16.7 Å². The molecule has 0 fully saturated rings. The second kappa shape index (κ2) is 6.35. The molecule has 0 aromatic heterocycles. The Morgan fingerprint density at radius 3 is 2.20 bits per heavy atom. The van der Waals surface area contributed by atoms with E-state index in [1.54, 1.807) is 0 Å². The first-order valence-corrected chi connectivity index (χ1v) is 6.75. The molecule has 0 aliphatic heterocycles. The van der Waals surface area contributed by atoms with Crippen molar-refractivity contribution in [1.29, 1.82) is 0 Å². The molecule has 2 atom stereocenters. The van der Waals surface area contributed by atoms with Gasteiger partial charge >= 0.3 is 0 Å². The standard InChI is InChI=1S/C17H20N2O/c1-12-8-10-15(11-9-12)16(18)17(20)19-13(2)14-6-4-3-5-7-14/h3-11,13,16H,18H2,1-2H3,(H,19,20)/t13-,16?/m1/s1. The van der Waals surface area contributed by atoms with E-state index in [-0.39, 0.29) is 11.9 Å². The Kier molecular flexibility index (Phi) is 4.53. The zero-order chi connectivity index (χ0) is 14.5. The zero-order valence-corrected chi connectivity index (χ0v) is 11.8. The van der Waals surface area contributed by atoms with Crippen molar-refractivity contribution in [3.8, 4) is 0 Å². The van der Waals surface area contributed by atoms with Crippen LogP contribution in [0.1, 0.15) is 35.7 Å². The SMILES string of the molecule is Cc1ccc(C(N)C(=O)N[C@H](C)c2ccccc2)cc1. The minimum Gasteiger partial charge on any atom is -0.348 e. The van der Waals surface area contributed by atoms with E-state index >= 15 is 0 Å². The molecule has 2 aromatic carbocycles. The van der Waals surface area contributed by atoms with Gasteiger partial charge in [0, 0.05) is 0 Å². The number of nitrogens with one attached hydrogen (secondary N) is 1. The van der Waals surface area contributed by atoms with Crippen molar-refractivity contribution in [1.82, 2.24) is 5.32 Å². The van der Waals surface area contributed by atoms with Gasteiger partial charge in [-0.15, -0.1) is 0 Å². The number of aryl methyl sites for hydroxylation is 1. The predicted molar refractivity (Wildman–Crippen MR) is 81.1 cm³/mol. The van der Waals surface area contributed by atoms with E-state index in [9.17, 15) is 4.79 Å². The molecule has 20 heavy (non-hydrogen) atoms. The summed E-state index contributed by atoms with van der Waals surface area (Å²) >= 11 is 0. The van der Waals surface area contributed by atoms with Crippen LogP contribution < -0.4 is 11.1 Å². The third-order valence-electron chi connectivity index (χ3n) is 3.38. The van der Waals surface area contributed by atoms with Gasteiger partial charge in [-0.05, 0) is 25.0 Å². The number of benzene rings is 2. The lowest BCUT2D eigenvalue weighted by Crippen LogP contribution is -2.35. The first-order valence-electron chi connectivity index (χ1n) is 6.75. The van der Waals surface area contributed by atoms with Gasteiger partial charge in [-0.1, -0.05) is 60.2 Å². The minimum absolute atomic E-state index is 0.0554. The molecule has 104 valence electrons. The second-order valence-corrected chi connectivity index (χ2v) is 5.03. The third kappa shape index (κ3) is 3.45. The van der Waals surface area contributed by atoms with Crippen LogP contribution in [0.3, 0.4) is 0 Å². The fraction of sp³-hybridized carbons (Fsp3) is 0.235. The predicted octanol–water partition coefficient (Wildman–Crippen LogP) is 2.87. The van der Waals surface area contributed by atoms with E-state index in [1.165, 1.54) is 0 Å². The van der Waals surface area contributed by atoms with E-state index in [4.69, 9.17) is 5.73 Å². The summed E-state index contributed by atoms with van der Waals surface area (Å²) < 4.78 is 0. The molecular formula is C17H20N2O. The van der Waals surface area contributed by atoms with Gasteiger partial charge in [-0.25, -0.2) is 0 Å². The molecule has 2 aromatic rings. The van der Waals surface area contributed by atoms with Crippen LogP contribution in [0.15, 0.2) is 54.6 Å². The average molecular weight is 268 g/mol. The number of nitrogens with two attached hydrogens (primary N) is 1. The summed E-state index contributed by atoms with van der Waals surface area (Å²) in [6.07, 6.45) is 0. The van der Waals surface area contributed by atoms with Crippen molar-refractivity contribution in [2.45, 2.75) is 25.9 Å². The van der Waals surface area contributed by atoms with E-state index in [0.29, 0.717) is 0 Å². The molecule has 3 N–H and O–H groups in total. The van der Waals surface area contributed by atoms with Gasteiger partial charge in [0.15, 0.2) is 0 Å². The number of amides is 1. The maximum absolute atomic E-state index is 12.2. The number of hydrogen-bond donors (Lipinski definition) is 2. The Hall–Kier alpha value is -2.13. The molecule has 0 saturated heterocycles. The molecule has 3 nitrogen and oxygen atoms in total. The van der Waals surface area contributed by atoms with Crippen molar-refractivity contribution in [2.24, 2.45) is 5.73 Å². The highest BCUT2D eigenvalue weighted by Gasteiger charge is 2.18. The number of hydrogen-bond acceptors (Lipinski definition) is 2. The monoisotopic (exact) mass is 268 g/mol. The van der Waals surface area contributed by atoms with Crippen LogP contribution >= 0.6 is 0 Å². The summed E-state index contributed by atoms with van der Waals surface area (Å²) in [6, 6.07) is 16.9. The maximum Gasteiger partial charge on any atom is 0.241 e. The van der Waals surface area contributed by atoms with Gasteiger partial charge in [0.1, 0.15) is 6.04 Å². The minimum atomic E-state index is -0.637. The van der Waals surface area contributed by atoms with Crippen molar-refractivity contribution in [2.75, 3.05) is 0 Å². The smallest absolute Gasteiger partial charge is 0.241 e. The third-order valence-corrected chi connectivity index (χ3v) is 3.38. The molecule has 1 unspecified atom stereocenters. The van der Waals surface area contributed by atoms with Crippen LogP contribution in [-0.2, 0) is 4.79 Å². The first kappa shape index (κ1) is 14.3. The largest absolute Gasteiger partial charge is 0.348 e. The first-order chi connectivity index (χ1) is 9.58. The summed E-state index contributed by atoms with van der Waals surface area (Å²) in [4.78, 5) is 12.2. The average Bonchev–Trinajstić information content (AvgIpc) is 2.48. The lowest BCUT2D eigenvalue weighted by molar-refractivity contribution is -0.123. The highest BCUT2D eigenvalue weighted by molar-refractivity contribution is 5.83. The Bertz CT molecular complexity index is 563. The van der Waals surface area contributed by atoms with Crippen molar-refractivity contribution in [3.63, 3.8) is 0 Å².